The number of piperazine rings is 1. The van der Waals surface area contributed by atoms with Crippen molar-refractivity contribution in [1.82, 2.24) is 14.6 Å². The van der Waals surface area contributed by atoms with Crippen LogP contribution in [0, 0.1) is 0 Å². The number of nitrogens with zero attached hydrogens (tertiary/aromatic N) is 2. The fraction of sp³-hybridized carbons (Fsp3) is 0.471. The van der Waals surface area contributed by atoms with E-state index in [9.17, 15) is 35.3 Å². The number of nitrogens with two attached hydrogens (primary N) is 2. The summed E-state index contributed by atoms with van der Waals surface area (Å²) in [6.07, 6.45) is -8.03. The van der Waals surface area contributed by atoms with Crippen LogP contribution in [0.3, 0.4) is 0 Å². The summed E-state index contributed by atoms with van der Waals surface area (Å²) in [6.45, 7) is 0.149. The molecule has 2 fully saturated rings. The maximum atomic E-state index is 13.1. The van der Waals surface area contributed by atoms with E-state index >= 15 is 0 Å². The van der Waals surface area contributed by atoms with Crippen molar-refractivity contribution in [2.24, 2.45) is 11.6 Å². The van der Waals surface area contributed by atoms with Crippen LogP contribution in [0.25, 0.3) is 0 Å². The molecule has 5 N–H and O–H groups in total. The second-order valence-electron chi connectivity index (χ2n) is 7.21. The molecular formula is C17H19F6N5O2S. The number of benzene rings is 1. The summed E-state index contributed by atoms with van der Waals surface area (Å²) in [5.74, 6) is 4.56. The summed E-state index contributed by atoms with van der Waals surface area (Å²) in [5, 5.41) is 0. The number of likely N-dealkylation sites (tertiary alicyclic amines) is 1. The zero-order valence-corrected chi connectivity index (χ0v) is 16.7. The summed E-state index contributed by atoms with van der Waals surface area (Å²) in [5.41, 5.74) is 4.52. The van der Waals surface area contributed by atoms with Crippen LogP contribution in [-0.4, -0.2) is 44.5 Å². The highest BCUT2D eigenvalue weighted by atomic mass is 32.2. The molecular weight excluding hydrogens is 452 g/mol. The molecule has 0 radical (unpaired) electrons. The van der Waals surface area contributed by atoms with Crippen molar-refractivity contribution in [3.8, 4) is 0 Å². The SMILES string of the molecule is NN/C=C(\N)C(=O)N1CC2CCC(C1)N2S(=O)c1cc(C(F)(F)F)cc(C(F)(F)F)c1. The lowest BCUT2D eigenvalue weighted by Gasteiger charge is -2.40. The summed E-state index contributed by atoms with van der Waals surface area (Å²) in [4.78, 5) is 13.2. The predicted molar refractivity (Wildman–Crippen MR) is 97.7 cm³/mol. The number of hydrogen-bond donors (Lipinski definition) is 3. The summed E-state index contributed by atoms with van der Waals surface area (Å²) < 4.78 is 93.2. The third-order valence-electron chi connectivity index (χ3n) is 5.14. The minimum Gasteiger partial charge on any atom is -0.393 e. The molecule has 0 aromatic heterocycles. The molecule has 3 unspecified atom stereocenters. The van der Waals surface area contributed by atoms with Crippen molar-refractivity contribution >= 4 is 16.9 Å². The van der Waals surface area contributed by atoms with E-state index in [-0.39, 0.29) is 24.9 Å². The third kappa shape index (κ3) is 4.80. The van der Waals surface area contributed by atoms with Crippen LogP contribution in [0.4, 0.5) is 26.3 Å². The maximum Gasteiger partial charge on any atom is 0.416 e. The molecule has 1 aromatic carbocycles. The van der Waals surface area contributed by atoms with Crippen molar-refractivity contribution < 1.29 is 35.3 Å². The van der Waals surface area contributed by atoms with Crippen molar-refractivity contribution in [1.29, 1.82) is 0 Å². The summed E-state index contributed by atoms with van der Waals surface area (Å²) in [6, 6.07) is -0.0876. The number of fused-ring (bicyclic) bond motifs is 2. The van der Waals surface area contributed by atoms with E-state index in [0.717, 1.165) is 6.20 Å². The van der Waals surface area contributed by atoms with Crippen LogP contribution in [0.5, 0.6) is 0 Å². The minimum absolute atomic E-state index is 0.00744. The van der Waals surface area contributed by atoms with Gasteiger partial charge in [-0.2, -0.15) is 26.3 Å². The topological polar surface area (TPSA) is 105 Å². The van der Waals surface area contributed by atoms with Gasteiger partial charge in [-0.25, -0.2) is 8.51 Å². The van der Waals surface area contributed by atoms with Gasteiger partial charge in [0, 0.05) is 31.4 Å². The second kappa shape index (κ2) is 8.31. The number of carbonyl (C=O) groups excluding carboxylic acids is 1. The number of hydrogen-bond acceptors (Lipinski definition) is 5. The zero-order valence-electron chi connectivity index (χ0n) is 15.8. The fourth-order valence-corrected chi connectivity index (χ4v) is 5.37. The van der Waals surface area contributed by atoms with Gasteiger partial charge in [0.25, 0.3) is 5.91 Å². The first-order valence-corrected chi connectivity index (χ1v) is 10.1. The van der Waals surface area contributed by atoms with Gasteiger partial charge in [-0.05, 0) is 31.0 Å². The molecule has 31 heavy (non-hydrogen) atoms. The number of halogens is 6. The Balaban J connectivity index is 1.89. The highest BCUT2D eigenvalue weighted by Crippen LogP contribution is 2.39. The molecule has 172 valence electrons. The number of alkyl halides is 6. The largest absolute Gasteiger partial charge is 0.416 e. The number of nitrogens with one attached hydrogen (secondary N) is 1. The van der Waals surface area contributed by atoms with Gasteiger partial charge in [-0.15, -0.1) is 0 Å². The Bertz CT molecular complexity index is 873. The molecule has 1 amide bonds. The van der Waals surface area contributed by atoms with Gasteiger partial charge in [0.05, 0.1) is 16.0 Å². The van der Waals surface area contributed by atoms with E-state index in [1.807, 2.05) is 0 Å². The first-order valence-electron chi connectivity index (χ1n) is 9.03. The van der Waals surface area contributed by atoms with Gasteiger partial charge in [0.1, 0.15) is 16.7 Å². The monoisotopic (exact) mass is 471 g/mol. The molecule has 2 aliphatic heterocycles. The van der Waals surface area contributed by atoms with Gasteiger partial charge in [0.2, 0.25) is 0 Å². The van der Waals surface area contributed by atoms with Gasteiger partial charge in [0.15, 0.2) is 0 Å². The van der Waals surface area contributed by atoms with Crippen LogP contribution in [0.15, 0.2) is 35.0 Å². The Kier molecular flexibility index (Phi) is 6.26. The maximum absolute atomic E-state index is 13.1. The van der Waals surface area contributed by atoms with Gasteiger partial charge in [-0.1, -0.05) is 0 Å². The van der Waals surface area contributed by atoms with E-state index < -0.39 is 57.4 Å². The summed E-state index contributed by atoms with van der Waals surface area (Å²) >= 11 is 0. The summed E-state index contributed by atoms with van der Waals surface area (Å²) in [7, 11) is -2.28. The van der Waals surface area contributed by atoms with Gasteiger partial charge < -0.3 is 16.1 Å². The Morgan fingerprint density at radius 2 is 1.52 bits per heavy atom. The predicted octanol–water partition coefficient (Wildman–Crippen LogP) is 1.69. The number of hydrazine groups is 1. The van der Waals surface area contributed by atoms with Crippen LogP contribution in [-0.2, 0) is 28.1 Å². The van der Waals surface area contributed by atoms with Crippen LogP contribution >= 0.6 is 0 Å². The average Bonchev–Trinajstić information content (AvgIpc) is 2.94. The number of carbonyl (C=O) groups is 1. The lowest BCUT2D eigenvalue weighted by Crippen LogP contribution is -2.56. The van der Waals surface area contributed by atoms with E-state index in [0.29, 0.717) is 25.0 Å². The third-order valence-corrected chi connectivity index (χ3v) is 6.76. The molecule has 14 heteroatoms. The Morgan fingerprint density at radius 1 is 1.03 bits per heavy atom. The molecule has 2 heterocycles. The van der Waals surface area contributed by atoms with Crippen LogP contribution in [0.1, 0.15) is 24.0 Å². The minimum atomic E-state index is -5.04. The van der Waals surface area contributed by atoms with E-state index in [2.05, 4.69) is 5.43 Å². The molecule has 7 nitrogen and oxygen atoms in total. The molecule has 2 aliphatic rings. The number of rotatable bonds is 4. The normalized spacial score (nSPS) is 23.7. The lowest BCUT2D eigenvalue weighted by atomic mass is 10.1. The van der Waals surface area contributed by atoms with Crippen molar-refractivity contribution in [2.45, 2.75) is 42.2 Å². The quantitative estimate of drug-likeness (QED) is 0.268. The van der Waals surface area contributed by atoms with Crippen LogP contribution in [0.2, 0.25) is 0 Å². The van der Waals surface area contributed by atoms with E-state index in [4.69, 9.17) is 11.6 Å². The Morgan fingerprint density at radius 3 is 1.94 bits per heavy atom. The first kappa shape index (κ1) is 23.3. The standard InChI is InChI=1S/C17H19F6N5O2S/c18-16(19,20)9-3-10(17(21,22)23)5-13(4-9)31(30)28-11-1-2-12(28)8-27(7-11)15(29)14(24)6-26-25/h3-6,11-12,26H,1-2,7-8,24-25H2/b14-6-. The van der Waals surface area contributed by atoms with Crippen LogP contribution < -0.4 is 17.0 Å². The van der Waals surface area contributed by atoms with Gasteiger partial charge in [-0.3, -0.25) is 10.6 Å². The Hall–Kier alpha value is -2.32. The molecule has 0 aliphatic carbocycles. The molecule has 3 rings (SSSR count). The molecule has 1 aromatic rings. The highest BCUT2D eigenvalue weighted by Gasteiger charge is 2.46. The molecule has 2 saturated heterocycles. The van der Waals surface area contributed by atoms with Crippen molar-refractivity contribution in [3.63, 3.8) is 0 Å². The number of amides is 1. The van der Waals surface area contributed by atoms with Crippen molar-refractivity contribution in [3.05, 3.63) is 41.2 Å². The zero-order chi connectivity index (χ0) is 23.1. The smallest absolute Gasteiger partial charge is 0.393 e. The lowest BCUT2D eigenvalue weighted by molar-refractivity contribution is -0.143. The molecule has 0 saturated carbocycles. The first-order chi connectivity index (χ1) is 14.3. The second-order valence-corrected chi connectivity index (χ2v) is 8.60. The van der Waals surface area contributed by atoms with Gasteiger partial charge >= 0.3 is 12.4 Å². The molecule has 2 bridgehead atoms. The molecule has 0 spiro atoms. The van der Waals surface area contributed by atoms with E-state index in [1.54, 1.807) is 0 Å². The average molecular weight is 471 g/mol. The van der Waals surface area contributed by atoms with Crippen molar-refractivity contribution in [2.75, 3.05) is 13.1 Å². The Labute approximate surface area is 175 Å². The van der Waals surface area contributed by atoms with E-state index in [1.165, 1.54) is 9.21 Å². The fourth-order valence-electron chi connectivity index (χ4n) is 3.78. The highest BCUT2D eigenvalue weighted by molar-refractivity contribution is 7.82. The molecule has 3 atom stereocenters.